The summed E-state index contributed by atoms with van der Waals surface area (Å²) in [5.41, 5.74) is 6.80. The third-order valence-electron chi connectivity index (χ3n) is 3.06. The largest absolute Gasteiger partial charge is 0.384 e. The quantitative estimate of drug-likeness (QED) is 0.799. The van der Waals surface area contributed by atoms with Crippen LogP contribution in [-0.4, -0.2) is 22.5 Å². The molecule has 0 aliphatic heterocycles. The average molecular weight is 219 g/mol. The summed E-state index contributed by atoms with van der Waals surface area (Å²) in [6.45, 7) is 4.39. The van der Waals surface area contributed by atoms with E-state index in [1.54, 1.807) is 0 Å². The van der Waals surface area contributed by atoms with E-state index in [9.17, 15) is 0 Å². The van der Waals surface area contributed by atoms with Crippen molar-refractivity contribution < 1.29 is 0 Å². The first-order valence-corrected chi connectivity index (χ1v) is 6.25. The van der Waals surface area contributed by atoms with Gasteiger partial charge in [-0.15, -0.1) is 0 Å². The highest BCUT2D eigenvalue weighted by molar-refractivity contribution is 5.28. The molecule has 88 valence electrons. The van der Waals surface area contributed by atoms with Crippen LogP contribution in [0.15, 0.2) is 18.2 Å². The Labute approximate surface area is 97.7 Å². The zero-order valence-corrected chi connectivity index (χ0v) is 10.0. The van der Waals surface area contributed by atoms with Crippen LogP contribution < -0.4 is 5.73 Å². The molecule has 3 heteroatoms. The summed E-state index contributed by atoms with van der Waals surface area (Å²) >= 11 is 0. The van der Waals surface area contributed by atoms with Gasteiger partial charge < -0.3 is 5.73 Å². The highest BCUT2D eigenvalue weighted by Crippen LogP contribution is 2.28. The molecular formula is C13H21N3. The molecule has 2 N–H and O–H groups in total. The number of hydrogen-bond acceptors (Lipinski definition) is 3. The predicted molar refractivity (Wildman–Crippen MR) is 67.0 cm³/mol. The van der Waals surface area contributed by atoms with Gasteiger partial charge in [0.2, 0.25) is 0 Å². The van der Waals surface area contributed by atoms with Gasteiger partial charge in [-0.1, -0.05) is 19.4 Å². The minimum absolute atomic E-state index is 0.628. The van der Waals surface area contributed by atoms with Gasteiger partial charge in [0.1, 0.15) is 5.82 Å². The Bertz CT molecular complexity index is 334. The summed E-state index contributed by atoms with van der Waals surface area (Å²) in [5.74, 6) is 0.628. The number of pyridine rings is 1. The maximum Gasteiger partial charge on any atom is 0.123 e. The zero-order chi connectivity index (χ0) is 11.4. The van der Waals surface area contributed by atoms with Crippen LogP contribution in [0.1, 0.15) is 38.3 Å². The zero-order valence-electron chi connectivity index (χ0n) is 10.0. The first kappa shape index (κ1) is 11.4. The smallest absolute Gasteiger partial charge is 0.123 e. The van der Waals surface area contributed by atoms with Crippen LogP contribution in [0.4, 0.5) is 5.82 Å². The Morgan fingerprint density at radius 1 is 1.44 bits per heavy atom. The second-order valence-electron chi connectivity index (χ2n) is 4.61. The standard InChI is InChI=1S/C13H21N3/c1-2-3-9-16(12-7-8-12)10-11-5-4-6-13(14)15-11/h4-6,12H,2-3,7-10H2,1H3,(H2,14,15). The van der Waals surface area contributed by atoms with E-state index in [-0.39, 0.29) is 0 Å². The summed E-state index contributed by atoms with van der Waals surface area (Å²) in [7, 11) is 0. The Morgan fingerprint density at radius 3 is 2.88 bits per heavy atom. The Balaban J connectivity index is 1.94. The van der Waals surface area contributed by atoms with Crippen molar-refractivity contribution in [1.82, 2.24) is 9.88 Å². The fraction of sp³-hybridized carbons (Fsp3) is 0.615. The lowest BCUT2D eigenvalue weighted by molar-refractivity contribution is 0.248. The number of nitrogen functional groups attached to an aromatic ring is 1. The molecule has 1 aliphatic rings. The predicted octanol–water partition coefficient (Wildman–Crippen LogP) is 2.43. The summed E-state index contributed by atoms with van der Waals surface area (Å²) in [6, 6.07) is 6.70. The van der Waals surface area contributed by atoms with Gasteiger partial charge in [0.15, 0.2) is 0 Å². The number of hydrogen-bond donors (Lipinski definition) is 1. The highest BCUT2D eigenvalue weighted by Gasteiger charge is 2.28. The first-order chi connectivity index (χ1) is 7.79. The molecule has 0 saturated heterocycles. The third-order valence-corrected chi connectivity index (χ3v) is 3.06. The molecule has 0 amide bonds. The van der Waals surface area contributed by atoms with Crippen LogP contribution in [0.25, 0.3) is 0 Å². The van der Waals surface area contributed by atoms with E-state index >= 15 is 0 Å². The molecule has 1 aromatic heterocycles. The highest BCUT2D eigenvalue weighted by atomic mass is 15.2. The fourth-order valence-electron chi connectivity index (χ4n) is 1.99. The van der Waals surface area contributed by atoms with Gasteiger partial charge in [-0.05, 0) is 37.9 Å². The van der Waals surface area contributed by atoms with Gasteiger partial charge >= 0.3 is 0 Å². The summed E-state index contributed by atoms with van der Waals surface area (Å²) in [4.78, 5) is 6.91. The Morgan fingerprint density at radius 2 is 2.25 bits per heavy atom. The lowest BCUT2D eigenvalue weighted by Gasteiger charge is -2.21. The maximum atomic E-state index is 5.70. The van der Waals surface area contributed by atoms with Crippen LogP contribution in [-0.2, 0) is 6.54 Å². The van der Waals surface area contributed by atoms with Gasteiger partial charge in [-0.25, -0.2) is 4.98 Å². The van der Waals surface area contributed by atoms with E-state index in [4.69, 9.17) is 5.73 Å². The Hall–Kier alpha value is -1.09. The number of nitrogens with two attached hydrogens (primary N) is 1. The number of rotatable bonds is 6. The normalized spacial score (nSPS) is 15.6. The molecular weight excluding hydrogens is 198 g/mol. The van der Waals surface area contributed by atoms with E-state index in [1.807, 2.05) is 12.1 Å². The third kappa shape index (κ3) is 3.20. The van der Waals surface area contributed by atoms with Crippen molar-refractivity contribution in [2.75, 3.05) is 12.3 Å². The van der Waals surface area contributed by atoms with Crippen LogP contribution >= 0.6 is 0 Å². The van der Waals surface area contributed by atoms with Gasteiger partial charge in [0, 0.05) is 12.6 Å². The monoisotopic (exact) mass is 219 g/mol. The Kier molecular flexibility index (Phi) is 3.78. The lowest BCUT2D eigenvalue weighted by atomic mass is 10.2. The molecule has 16 heavy (non-hydrogen) atoms. The van der Waals surface area contributed by atoms with E-state index < -0.39 is 0 Å². The molecule has 1 saturated carbocycles. The van der Waals surface area contributed by atoms with Gasteiger partial charge in [0.05, 0.1) is 5.69 Å². The van der Waals surface area contributed by atoms with Crippen molar-refractivity contribution in [3.05, 3.63) is 23.9 Å². The molecule has 0 unspecified atom stereocenters. The average Bonchev–Trinajstić information content (AvgIpc) is 3.08. The molecule has 3 nitrogen and oxygen atoms in total. The van der Waals surface area contributed by atoms with Gasteiger partial charge in [-0.2, -0.15) is 0 Å². The van der Waals surface area contributed by atoms with Crippen molar-refractivity contribution in [2.45, 2.75) is 45.2 Å². The molecule has 0 atom stereocenters. The minimum atomic E-state index is 0.628. The lowest BCUT2D eigenvalue weighted by Crippen LogP contribution is -2.27. The SMILES string of the molecule is CCCCN(Cc1cccc(N)n1)C1CC1. The molecule has 1 aliphatic carbocycles. The van der Waals surface area contributed by atoms with E-state index in [2.05, 4.69) is 22.9 Å². The molecule has 0 bridgehead atoms. The molecule has 1 aromatic rings. The number of nitrogens with zero attached hydrogens (tertiary/aromatic N) is 2. The first-order valence-electron chi connectivity index (χ1n) is 6.25. The van der Waals surface area contributed by atoms with E-state index in [1.165, 1.54) is 32.2 Å². The minimum Gasteiger partial charge on any atom is -0.384 e. The van der Waals surface area contributed by atoms with Gasteiger partial charge in [-0.3, -0.25) is 4.90 Å². The van der Waals surface area contributed by atoms with Gasteiger partial charge in [0.25, 0.3) is 0 Å². The second kappa shape index (κ2) is 5.30. The van der Waals surface area contributed by atoms with Crippen LogP contribution in [0, 0.1) is 0 Å². The second-order valence-corrected chi connectivity index (χ2v) is 4.61. The van der Waals surface area contributed by atoms with Crippen molar-refractivity contribution in [1.29, 1.82) is 0 Å². The van der Waals surface area contributed by atoms with Crippen LogP contribution in [0.5, 0.6) is 0 Å². The molecule has 0 aromatic carbocycles. The van der Waals surface area contributed by atoms with Crippen molar-refractivity contribution >= 4 is 5.82 Å². The van der Waals surface area contributed by atoms with E-state index in [0.29, 0.717) is 5.82 Å². The van der Waals surface area contributed by atoms with Crippen molar-refractivity contribution in [3.8, 4) is 0 Å². The molecule has 1 fully saturated rings. The molecule has 0 radical (unpaired) electrons. The van der Waals surface area contributed by atoms with E-state index in [0.717, 1.165) is 18.3 Å². The molecule has 1 heterocycles. The molecule has 2 rings (SSSR count). The van der Waals surface area contributed by atoms with Crippen molar-refractivity contribution in [2.24, 2.45) is 0 Å². The topological polar surface area (TPSA) is 42.1 Å². The summed E-state index contributed by atoms with van der Waals surface area (Å²) in [6.07, 6.45) is 5.24. The molecule has 0 spiro atoms. The number of unbranched alkanes of at least 4 members (excludes halogenated alkanes) is 1. The summed E-state index contributed by atoms with van der Waals surface area (Å²) < 4.78 is 0. The van der Waals surface area contributed by atoms with Crippen LogP contribution in [0.2, 0.25) is 0 Å². The summed E-state index contributed by atoms with van der Waals surface area (Å²) in [5, 5.41) is 0. The number of anilines is 1. The number of aromatic nitrogens is 1. The van der Waals surface area contributed by atoms with Crippen molar-refractivity contribution in [3.63, 3.8) is 0 Å². The fourth-order valence-corrected chi connectivity index (χ4v) is 1.99. The maximum absolute atomic E-state index is 5.70. The van der Waals surface area contributed by atoms with Crippen LogP contribution in [0.3, 0.4) is 0 Å².